The maximum atomic E-state index is 12.3. The minimum Gasteiger partial charge on any atom is -0.493 e. The van der Waals surface area contributed by atoms with Crippen LogP contribution in [-0.4, -0.2) is 33.8 Å². The Kier molecular flexibility index (Phi) is 3.32. The van der Waals surface area contributed by atoms with Gasteiger partial charge in [0.2, 0.25) is 0 Å². The number of aryl methyl sites for hydroxylation is 2. The Labute approximate surface area is 126 Å². The van der Waals surface area contributed by atoms with E-state index < -0.39 is 0 Å². The van der Waals surface area contributed by atoms with Crippen LogP contribution in [0.15, 0.2) is 23.0 Å². The number of benzene rings is 1. The first-order valence-electron chi connectivity index (χ1n) is 6.73. The largest absolute Gasteiger partial charge is 0.493 e. The summed E-state index contributed by atoms with van der Waals surface area (Å²) in [6.07, 6.45) is 0. The van der Waals surface area contributed by atoms with Gasteiger partial charge in [0.25, 0.3) is 5.56 Å². The molecule has 1 aromatic carbocycles. The summed E-state index contributed by atoms with van der Waals surface area (Å²) in [7, 11) is 3.13. The summed E-state index contributed by atoms with van der Waals surface area (Å²) >= 11 is 0. The number of H-pyrrole nitrogens is 1. The third-order valence-corrected chi connectivity index (χ3v) is 3.49. The molecule has 2 heterocycles. The lowest BCUT2D eigenvalue weighted by Gasteiger charge is -2.09. The number of nitrogens with zero attached hydrogens (tertiary/aromatic N) is 3. The zero-order valence-electron chi connectivity index (χ0n) is 12.8. The van der Waals surface area contributed by atoms with Crippen LogP contribution in [0.5, 0.6) is 11.5 Å². The molecule has 0 fully saturated rings. The van der Waals surface area contributed by atoms with Gasteiger partial charge in [0, 0.05) is 5.56 Å². The topological polar surface area (TPSA) is 81.5 Å². The van der Waals surface area contributed by atoms with E-state index in [2.05, 4.69) is 15.1 Å². The van der Waals surface area contributed by atoms with Crippen molar-refractivity contribution in [1.29, 1.82) is 0 Å². The van der Waals surface area contributed by atoms with Gasteiger partial charge in [-0.3, -0.25) is 4.79 Å². The van der Waals surface area contributed by atoms with Crippen LogP contribution in [-0.2, 0) is 0 Å². The van der Waals surface area contributed by atoms with Gasteiger partial charge in [-0.15, -0.1) is 5.10 Å². The average molecular weight is 300 g/mol. The van der Waals surface area contributed by atoms with E-state index in [1.807, 2.05) is 13.0 Å². The van der Waals surface area contributed by atoms with Crippen molar-refractivity contribution in [3.05, 3.63) is 40.1 Å². The van der Waals surface area contributed by atoms with E-state index in [0.29, 0.717) is 34.4 Å². The second-order valence-electron chi connectivity index (χ2n) is 4.88. The second kappa shape index (κ2) is 5.18. The first-order chi connectivity index (χ1) is 10.5. The van der Waals surface area contributed by atoms with Crippen molar-refractivity contribution in [3.8, 4) is 22.9 Å². The first kappa shape index (κ1) is 14.1. The highest BCUT2D eigenvalue weighted by Gasteiger charge is 2.13. The number of hydrogen-bond acceptors (Lipinski definition) is 5. The molecule has 0 amide bonds. The number of nitrogens with one attached hydrogen (secondary N) is 1. The van der Waals surface area contributed by atoms with Gasteiger partial charge in [-0.1, -0.05) is 0 Å². The fourth-order valence-corrected chi connectivity index (χ4v) is 2.45. The molecule has 7 heteroatoms. The van der Waals surface area contributed by atoms with Crippen molar-refractivity contribution < 1.29 is 9.47 Å². The molecule has 0 atom stereocenters. The smallest absolute Gasteiger partial charge is 0.277 e. The third kappa shape index (κ3) is 2.11. The lowest BCUT2D eigenvalue weighted by atomic mass is 10.2. The maximum Gasteiger partial charge on any atom is 0.277 e. The van der Waals surface area contributed by atoms with Crippen LogP contribution in [0, 0.1) is 13.8 Å². The second-order valence-corrected chi connectivity index (χ2v) is 4.88. The molecule has 0 aliphatic rings. The highest BCUT2D eigenvalue weighted by Crippen LogP contribution is 2.30. The monoisotopic (exact) mass is 300 g/mol. The Bertz CT molecular complexity index is 911. The van der Waals surface area contributed by atoms with Crippen LogP contribution in [0.25, 0.3) is 16.9 Å². The molecule has 0 aliphatic carbocycles. The number of methoxy groups -OCH3 is 2. The van der Waals surface area contributed by atoms with E-state index in [0.717, 1.165) is 5.56 Å². The summed E-state index contributed by atoms with van der Waals surface area (Å²) in [4.78, 5) is 19.3. The van der Waals surface area contributed by atoms with Crippen molar-refractivity contribution in [1.82, 2.24) is 19.6 Å². The van der Waals surface area contributed by atoms with E-state index >= 15 is 0 Å². The number of hydrogen-bond donors (Lipinski definition) is 1. The minimum atomic E-state index is -0.224. The summed E-state index contributed by atoms with van der Waals surface area (Å²) in [6, 6.07) is 5.34. The summed E-state index contributed by atoms with van der Waals surface area (Å²) < 4.78 is 12.0. The number of aromatic amines is 1. The van der Waals surface area contributed by atoms with Gasteiger partial charge >= 0.3 is 0 Å². The molecule has 3 aromatic rings. The zero-order chi connectivity index (χ0) is 15.9. The van der Waals surface area contributed by atoms with Crippen molar-refractivity contribution in [2.24, 2.45) is 0 Å². The molecular weight excluding hydrogens is 284 g/mol. The normalized spacial score (nSPS) is 10.9. The molecule has 0 unspecified atom stereocenters. The molecule has 0 saturated carbocycles. The Morgan fingerprint density at radius 2 is 1.86 bits per heavy atom. The van der Waals surface area contributed by atoms with Crippen LogP contribution in [0.3, 0.4) is 0 Å². The van der Waals surface area contributed by atoms with Crippen LogP contribution in [0.4, 0.5) is 0 Å². The van der Waals surface area contributed by atoms with Gasteiger partial charge in [0.05, 0.1) is 19.9 Å². The summed E-state index contributed by atoms with van der Waals surface area (Å²) in [5.41, 5.74) is 1.62. The quantitative estimate of drug-likeness (QED) is 0.796. The maximum absolute atomic E-state index is 12.3. The number of imidazole rings is 1. The van der Waals surface area contributed by atoms with Crippen LogP contribution < -0.4 is 15.0 Å². The molecule has 3 rings (SSSR count). The predicted molar refractivity (Wildman–Crippen MR) is 81.6 cm³/mol. The van der Waals surface area contributed by atoms with Crippen molar-refractivity contribution in [2.45, 2.75) is 13.8 Å². The molecule has 1 N–H and O–H groups in total. The fraction of sp³-hybridized carbons (Fsp3) is 0.267. The van der Waals surface area contributed by atoms with Gasteiger partial charge in [-0.05, 0) is 32.0 Å². The van der Waals surface area contributed by atoms with Gasteiger partial charge in [-0.25, -0.2) is 9.50 Å². The minimum absolute atomic E-state index is 0.224. The fourth-order valence-electron chi connectivity index (χ4n) is 2.45. The standard InChI is InChI=1S/C15H16N4O3/c1-8-13-15(20)17-14(18-19(13)9(2)16-8)10-5-6-11(21-3)12(7-10)22-4/h5-7H,1-4H3,(H,17,18,20). The van der Waals surface area contributed by atoms with Crippen LogP contribution >= 0.6 is 0 Å². The van der Waals surface area contributed by atoms with E-state index in [9.17, 15) is 4.79 Å². The van der Waals surface area contributed by atoms with Crippen molar-refractivity contribution in [2.75, 3.05) is 14.2 Å². The Hall–Kier alpha value is -2.83. The van der Waals surface area contributed by atoms with E-state index in [4.69, 9.17) is 9.47 Å². The summed E-state index contributed by atoms with van der Waals surface area (Å²) in [5.74, 6) is 2.30. The summed E-state index contributed by atoms with van der Waals surface area (Å²) in [6.45, 7) is 3.60. The molecule has 0 spiro atoms. The Balaban J connectivity index is 2.22. The molecule has 7 nitrogen and oxygen atoms in total. The lowest BCUT2D eigenvalue weighted by molar-refractivity contribution is 0.355. The number of rotatable bonds is 3. The third-order valence-electron chi connectivity index (χ3n) is 3.49. The molecule has 22 heavy (non-hydrogen) atoms. The first-order valence-corrected chi connectivity index (χ1v) is 6.73. The number of aromatic nitrogens is 4. The van der Waals surface area contributed by atoms with Crippen molar-refractivity contribution >= 4 is 5.52 Å². The van der Waals surface area contributed by atoms with Gasteiger partial charge < -0.3 is 14.5 Å². The SMILES string of the molecule is COc1ccc(-c2nn3c(C)nc(C)c3c(=O)[nH]2)cc1OC. The predicted octanol–water partition coefficient (Wildman–Crippen LogP) is 1.72. The number of fused-ring (bicyclic) bond motifs is 1. The van der Waals surface area contributed by atoms with Gasteiger partial charge in [0.1, 0.15) is 5.82 Å². The molecule has 2 aromatic heterocycles. The van der Waals surface area contributed by atoms with Gasteiger partial charge in [0.15, 0.2) is 22.8 Å². The molecule has 0 radical (unpaired) electrons. The Morgan fingerprint density at radius 1 is 1.14 bits per heavy atom. The van der Waals surface area contributed by atoms with Crippen LogP contribution in [0.1, 0.15) is 11.5 Å². The molecule has 0 bridgehead atoms. The van der Waals surface area contributed by atoms with E-state index in [1.54, 1.807) is 37.8 Å². The highest BCUT2D eigenvalue weighted by atomic mass is 16.5. The molecular formula is C15H16N4O3. The highest BCUT2D eigenvalue weighted by molar-refractivity contribution is 5.62. The molecule has 0 saturated heterocycles. The van der Waals surface area contributed by atoms with Gasteiger partial charge in [-0.2, -0.15) is 0 Å². The zero-order valence-corrected chi connectivity index (χ0v) is 12.8. The average Bonchev–Trinajstić information content (AvgIpc) is 2.81. The Morgan fingerprint density at radius 3 is 2.55 bits per heavy atom. The molecule has 0 aliphatic heterocycles. The molecule has 114 valence electrons. The van der Waals surface area contributed by atoms with E-state index in [1.165, 1.54) is 0 Å². The van der Waals surface area contributed by atoms with Crippen molar-refractivity contribution in [3.63, 3.8) is 0 Å². The van der Waals surface area contributed by atoms with Crippen LogP contribution in [0.2, 0.25) is 0 Å². The number of ether oxygens (including phenoxy) is 2. The van der Waals surface area contributed by atoms with E-state index in [-0.39, 0.29) is 5.56 Å². The summed E-state index contributed by atoms with van der Waals surface area (Å²) in [5, 5.41) is 4.46. The lowest BCUT2D eigenvalue weighted by Crippen LogP contribution is -2.14.